The van der Waals surface area contributed by atoms with E-state index in [1.54, 1.807) is 7.11 Å². The Kier molecular flexibility index (Phi) is 3.05. The molecule has 21 heavy (non-hydrogen) atoms. The van der Waals surface area contributed by atoms with Gasteiger partial charge in [-0.25, -0.2) is 0 Å². The van der Waals surface area contributed by atoms with Gasteiger partial charge in [0.15, 0.2) is 6.29 Å². The molecule has 3 aromatic rings. The summed E-state index contributed by atoms with van der Waals surface area (Å²) in [4.78, 5) is 15.0. The number of aromatic nitrogens is 3. The molecule has 0 radical (unpaired) electrons. The maximum Gasteiger partial charge on any atom is 0.152 e. The number of benzene rings is 1. The number of carbonyl (C=O) groups excluding carboxylic acids is 1. The lowest BCUT2D eigenvalue weighted by Gasteiger charge is -2.01. The lowest BCUT2D eigenvalue weighted by atomic mass is 10.0. The van der Waals surface area contributed by atoms with E-state index < -0.39 is 0 Å². The van der Waals surface area contributed by atoms with Crippen molar-refractivity contribution in [3.8, 4) is 17.0 Å². The molecule has 1 aromatic carbocycles. The molecule has 0 saturated heterocycles. The normalized spacial score (nSPS) is 11.0. The number of rotatable bonds is 3. The number of nitrogens with one attached hydrogen (secondary N) is 1. The Balaban J connectivity index is 2.35. The standard InChI is InChI=1S/C16H17N3O2/c1-9-15(10(2)19(3)18-9)16-13(8-20)12-7-11(21-4)5-6-14(12)17-16/h5-8,17H,1-4H3. The molecule has 2 heterocycles. The van der Waals surface area contributed by atoms with Gasteiger partial charge >= 0.3 is 0 Å². The highest BCUT2D eigenvalue weighted by Crippen LogP contribution is 2.34. The van der Waals surface area contributed by atoms with Crippen molar-refractivity contribution in [1.29, 1.82) is 0 Å². The van der Waals surface area contributed by atoms with Crippen LogP contribution >= 0.6 is 0 Å². The highest BCUT2D eigenvalue weighted by atomic mass is 16.5. The Labute approximate surface area is 122 Å². The van der Waals surface area contributed by atoms with Crippen LogP contribution in [0.25, 0.3) is 22.2 Å². The summed E-state index contributed by atoms with van der Waals surface area (Å²) < 4.78 is 7.07. The average Bonchev–Trinajstić information content (AvgIpc) is 2.95. The third kappa shape index (κ3) is 1.93. The topological polar surface area (TPSA) is 59.9 Å². The van der Waals surface area contributed by atoms with E-state index in [1.165, 1.54) is 0 Å². The zero-order valence-electron chi connectivity index (χ0n) is 12.5. The van der Waals surface area contributed by atoms with Crippen LogP contribution in [0.5, 0.6) is 5.75 Å². The van der Waals surface area contributed by atoms with Crippen molar-refractivity contribution in [2.75, 3.05) is 7.11 Å². The summed E-state index contributed by atoms with van der Waals surface area (Å²) in [5.74, 6) is 0.732. The number of nitrogens with zero attached hydrogens (tertiary/aromatic N) is 2. The average molecular weight is 283 g/mol. The van der Waals surface area contributed by atoms with Crippen LogP contribution in [0.4, 0.5) is 0 Å². The second kappa shape index (κ2) is 4.77. The van der Waals surface area contributed by atoms with Crippen LogP contribution < -0.4 is 4.74 Å². The highest BCUT2D eigenvalue weighted by molar-refractivity contribution is 6.05. The fraction of sp³-hybridized carbons (Fsp3) is 0.250. The summed E-state index contributed by atoms with van der Waals surface area (Å²) in [7, 11) is 3.52. The maximum absolute atomic E-state index is 11.6. The summed E-state index contributed by atoms with van der Waals surface area (Å²) in [6, 6.07) is 5.67. The lowest BCUT2D eigenvalue weighted by Crippen LogP contribution is -1.93. The molecule has 0 aliphatic rings. The minimum Gasteiger partial charge on any atom is -0.497 e. The van der Waals surface area contributed by atoms with Crippen molar-refractivity contribution >= 4 is 17.2 Å². The number of hydrogen-bond acceptors (Lipinski definition) is 3. The van der Waals surface area contributed by atoms with Gasteiger partial charge in [-0.3, -0.25) is 9.48 Å². The number of ether oxygens (including phenoxy) is 1. The van der Waals surface area contributed by atoms with Crippen LogP contribution in [-0.2, 0) is 7.05 Å². The largest absolute Gasteiger partial charge is 0.497 e. The van der Waals surface area contributed by atoms with Gasteiger partial charge in [-0.2, -0.15) is 5.10 Å². The second-order valence-electron chi connectivity index (χ2n) is 5.11. The van der Waals surface area contributed by atoms with Gasteiger partial charge in [0, 0.05) is 34.8 Å². The van der Waals surface area contributed by atoms with Gasteiger partial charge in [0.05, 0.1) is 18.5 Å². The van der Waals surface area contributed by atoms with Gasteiger partial charge in [-0.05, 0) is 32.0 Å². The SMILES string of the molecule is COc1ccc2[nH]c(-c3c(C)nn(C)c3C)c(C=O)c2c1. The highest BCUT2D eigenvalue weighted by Gasteiger charge is 2.19. The van der Waals surface area contributed by atoms with Gasteiger partial charge < -0.3 is 9.72 Å². The molecule has 0 aliphatic heterocycles. The van der Waals surface area contributed by atoms with E-state index in [0.29, 0.717) is 5.56 Å². The molecule has 0 fully saturated rings. The van der Waals surface area contributed by atoms with Gasteiger partial charge in [-0.15, -0.1) is 0 Å². The smallest absolute Gasteiger partial charge is 0.152 e. The molecular weight excluding hydrogens is 266 g/mol. The molecule has 5 nitrogen and oxygen atoms in total. The second-order valence-corrected chi connectivity index (χ2v) is 5.11. The third-order valence-electron chi connectivity index (χ3n) is 3.92. The quantitative estimate of drug-likeness (QED) is 0.752. The zero-order chi connectivity index (χ0) is 15.1. The number of carbonyl (C=O) groups is 1. The summed E-state index contributed by atoms with van der Waals surface area (Å²) in [6.45, 7) is 3.94. The summed E-state index contributed by atoms with van der Waals surface area (Å²) in [5.41, 5.74) is 5.27. The van der Waals surface area contributed by atoms with E-state index in [2.05, 4.69) is 10.1 Å². The van der Waals surface area contributed by atoms with E-state index in [0.717, 1.165) is 45.6 Å². The number of H-pyrrole nitrogens is 1. The van der Waals surface area contributed by atoms with Crippen molar-refractivity contribution in [1.82, 2.24) is 14.8 Å². The maximum atomic E-state index is 11.6. The van der Waals surface area contributed by atoms with Gasteiger partial charge in [0.1, 0.15) is 5.75 Å². The Hall–Kier alpha value is -2.56. The van der Waals surface area contributed by atoms with E-state index >= 15 is 0 Å². The number of fused-ring (bicyclic) bond motifs is 1. The Morgan fingerprint density at radius 2 is 2.10 bits per heavy atom. The first-order valence-corrected chi connectivity index (χ1v) is 6.72. The summed E-state index contributed by atoms with van der Waals surface area (Å²) >= 11 is 0. The summed E-state index contributed by atoms with van der Waals surface area (Å²) in [6.07, 6.45) is 0.888. The predicted molar refractivity (Wildman–Crippen MR) is 81.9 cm³/mol. The first kappa shape index (κ1) is 13.4. The van der Waals surface area contributed by atoms with Crippen LogP contribution in [-0.4, -0.2) is 28.2 Å². The van der Waals surface area contributed by atoms with Gasteiger partial charge in [0.2, 0.25) is 0 Å². The molecule has 2 aromatic heterocycles. The minimum absolute atomic E-state index is 0.642. The molecule has 3 rings (SSSR count). The van der Waals surface area contributed by atoms with Crippen LogP contribution in [0.1, 0.15) is 21.7 Å². The van der Waals surface area contributed by atoms with Gasteiger partial charge in [-0.1, -0.05) is 0 Å². The molecule has 0 atom stereocenters. The first-order valence-electron chi connectivity index (χ1n) is 6.72. The Bertz CT molecular complexity index is 843. The minimum atomic E-state index is 0.642. The summed E-state index contributed by atoms with van der Waals surface area (Å²) in [5, 5.41) is 5.29. The van der Waals surface area contributed by atoms with Crippen LogP contribution in [0.3, 0.4) is 0 Å². The fourth-order valence-corrected chi connectivity index (χ4v) is 2.77. The predicted octanol–water partition coefficient (Wildman–Crippen LogP) is 3.01. The Morgan fingerprint density at radius 1 is 1.33 bits per heavy atom. The van der Waals surface area contributed by atoms with Crippen LogP contribution in [0.15, 0.2) is 18.2 Å². The van der Waals surface area contributed by atoms with E-state index in [1.807, 2.05) is 43.8 Å². The van der Waals surface area contributed by atoms with Crippen molar-refractivity contribution in [3.63, 3.8) is 0 Å². The number of methoxy groups -OCH3 is 1. The number of aryl methyl sites for hydroxylation is 2. The number of hydrogen-bond donors (Lipinski definition) is 1. The lowest BCUT2D eigenvalue weighted by molar-refractivity contribution is 0.112. The number of aromatic amines is 1. The molecule has 5 heteroatoms. The Morgan fingerprint density at radius 3 is 2.67 bits per heavy atom. The zero-order valence-corrected chi connectivity index (χ0v) is 12.5. The molecule has 0 amide bonds. The van der Waals surface area contributed by atoms with Crippen molar-refractivity contribution in [3.05, 3.63) is 35.2 Å². The van der Waals surface area contributed by atoms with Crippen molar-refractivity contribution < 1.29 is 9.53 Å². The third-order valence-corrected chi connectivity index (χ3v) is 3.92. The van der Waals surface area contributed by atoms with Gasteiger partial charge in [0.25, 0.3) is 0 Å². The number of aldehydes is 1. The molecule has 108 valence electrons. The monoisotopic (exact) mass is 283 g/mol. The van der Waals surface area contributed by atoms with E-state index in [4.69, 9.17) is 4.74 Å². The molecule has 1 N–H and O–H groups in total. The van der Waals surface area contributed by atoms with Crippen LogP contribution in [0.2, 0.25) is 0 Å². The van der Waals surface area contributed by atoms with E-state index in [9.17, 15) is 4.79 Å². The molecular formula is C16H17N3O2. The fourth-order valence-electron chi connectivity index (χ4n) is 2.77. The van der Waals surface area contributed by atoms with Crippen molar-refractivity contribution in [2.45, 2.75) is 13.8 Å². The van der Waals surface area contributed by atoms with E-state index in [-0.39, 0.29) is 0 Å². The van der Waals surface area contributed by atoms with Crippen molar-refractivity contribution in [2.24, 2.45) is 7.05 Å². The molecule has 0 aliphatic carbocycles. The first-order chi connectivity index (χ1) is 10.1. The molecule has 0 unspecified atom stereocenters. The molecule has 0 spiro atoms. The van der Waals surface area contributed by atoms with Crippen LogP contribution in [0, 0.1) is 13.8 Å². The molecule has 0 bridgehead atoms. The molecule has 0 saturated carbocycles.